The quantitative estimate of drug-likeness (QED) is 0.758. The van der Waals surface area contributed by atoms with Crippen LogP contribution in [-0.4, -0.2) is 21.0 Å². The van der Waals surface area contributed by atoms with Crippen molar-refractivity contribution in [3.8, 4) is 0 Å². The lowest BCUT2D eigenvalue weighted by molar-refractivity contribution is 0.676. The fourth-order valence-electron chi connectivity index (χ4n) is 2.30. The second kappa shape index (κ2) is 5.50. The molecule has 1 aromatic carbocycles. The summed E-state index contributed by atoms with van der Waals surface area (Å²) in [4.78, 5) is 12.2. The minimum absolute atomic E-state index is 0.693. The maximum atomic E-state index is 4.81. The first kappa shape index (κ1) is 12.9. The molecule has 0 saturated heterocycles. The van der Waals surface area contributed by atoms with E-state index in [1.54, 1.807) is 18.0 Å². The van der Waals surface area contributed by atoms with Gasteiger partial charge in [-0.2, -0.15) is 0 Å². The molecule has 1 fully saturated rings. The number of nitrogens with zero attached hydrogens (tertiary/aromatic N) is 2. The number of benzene rings is 1. The molecule has 1 aliphatic rings. The zero-order valence-corrected chi connectivity index (χ0v) is 12.4. The maximum absolute atomic E-state index is 4.81. The van der Waals surface area contributed by atoms with Crippen molar-refractivity contribution in [3.63, 3.8) is 0 Å². The van der Waals surface area contributed by atoms with Crippen LogP contribution >= 0.6 is 11.8 Å². The molecule has 3 aromatic rings. The Hall–Kier alpha value is -1.85. The number of hydrogen-bond donors (Lipinski definition) is 2. The van der Waals surface area contributed by atoms with Crippen molar-refractivity contribution in [2.24, 2.45) is 0 Å². The van der Waals surface area contributed by atoms with Gasteiger partial charge in [-0.05, 0) is 42.3 Å². The highest BCUT2D eigenvalue weighted by Crippen LogP contribution is 2.29. The topological polar surface area (TPSA) is 53.6 Å². The van der Waals surface area contributed by atoms with Crippen molar-refractivity contribution < 1.29 is 0 Å². The van der Waals surface area contributed by atoms with E-state index < -0.39 is 0 Å². The van der Waals surface area contributed by atoms with Gasteiger partial charge in [-0.1, -0.05) is 18.2 Å². The second-order valence-corrected chi connectivity index (χ2v) is 6.27. The van der Waals surface area contributed by atoms with Crippen molar-refractivity contribution in [2.75, 3.05) is 0 Å². The number of fused-ring (bicyclic) bond motifs is 1. The number of nitrogens with one attached hydrogen (secondary N) is 2. The Kier molecular flexibility index (Phi) is 3.37. The van der Waals surface area contributed by atoms with Gasteiger partial charge in [0.15, 0.2) is 5.16 Å². The minimum atomic E-state index is 0.693. The molecule has 2 aromatic heterocycles. The molecule has 4 rings (SSSR count). The summed E-state index contributed by atoms with van der Waals surface area (Å²) in [5.74, 6) is 0. The first-order chi connectivity index (χ1) is 10.4. The molecule has 0 spiro atoms. The van der Waals surface area contributed by atoms with E-state index >= 15 is 0 Å². The van der Waals surface area contributed by atoms with E-state index in [0.29, 0.717) is 6.04 Å². The Morgan fingerprint density at radius 3 is 3.00 bits per heavy atom. The Morgan fingerprint density at radius 2 is 2.19 bits per heavy atom. The van der Waals surface area contributed by atoms with Crippen LogP contribution in [-0.2, 0) is 6.54 Å². The number of H-pyrrole nitrogens is 1. The van der Waals surface area contributed by atoms with Gasteiger partial charge in [0.2, 0.25) is 0 Å². The van der Waals surface area contributed by atoms with Crippen molar-refractivity contribution in [3.05, 3.63) is 48.3 Å². The lowest BCUT2D eigenvalue weighted by Crippen LogP contribution is -2.16. The van der Waals surface area contributed by atoms with E-state index in [1.807, 2.05) is 12.3 Å². The van der Waals surface area contributed by atoms with Crippen molar-refractivity contribution >= 4 is 22.7 Å². The number of aromatic nitrogens is 3. The molecule has 2 heterocycles. The first-order valence-electron chi connectivity index (χ1n) is 7.18. The fraction of sp³-hybridized carbons (Fsp3) is 0.250. The summed E-state index contributed by atoms with van der Waals surface area (Å²) in [6.07, 6.45) is 6.19. The van der Waals surface area contributed by atoms with Crippen LogP contribution in [0.15, 0.2) is 52.9 Å². The summed E-state index contributed by atoms with van der Waals surface area (Å²) in [7, 11) is 0. The number of para-hydroxylation sites is 1. The molecular weight excluding hydrogens is 280 g/mol. The van der Waals surface area contributed by atoms with Crippen LogP contribution in [0.1, 0.15) is 18.4 Å². The van der Waals surface area contributed by atoms with Crippen LogP contribution in [0, 0.1) is 0 Å². The SMILES string of the molecule is c1ccc2nc(Sc3ncc[nH]3)c(CNC3CC3)cc2c1. The standard InChI is InChI=1S/C16H16N4S/c1-2-4-14-11(3-1)9-12(10-19-13-5-6-13)15(20-14)21-16-17-7-8-18-16/h1-4,7-9,13,19H,5-6,10H2,(H,17,18). The lowest BCUT2D eigenvalue weighted by atomic mass is 10.1. The van der Waals surface area contributed by atoms with Gasteiger partial charge in [0.25, 0.3) is 0 Å². The van der Waals surface area contributed by atoms with E-state index in [0.717, 1.165) is 22.2 Å². The normalized spacial score (nSPS) is 14.7. The van der Waals surface area contributed by atoms with Crippen molar-refractivity contribution in [2.45, 2.75) is 35.6 Å². The Labute approximate surface area is 127 Å². The molecule has 0 radical (unpaired) electrons. The van der Waals surface area contributed by atoms with E-state index in [4.69, 9.17) is 4.98 Å². The van der Waals surface area contributed by atoms with Gasteiger partial charge in [-0.25, -0.2) is 9.97 Å². The molecule has 0 bridgehead atoms. The van der Waals surface area contributed by atoms with Crippen LogP contribution in [0.4, 0.5) is 0 Å². The Bertz CT molecular complexity index is 750. The monoisotopic (exact) mass is 296 g/mol. The van der Waals surface area contributed by atoms with Crippen LogP contribution in [0.3, 0.4) is 0 Å². The van der Waals surface area contributed by atoms with Crippen molar-refractivity contribution in [1.29, 1.82) is 0 Å². The molecule has 2 N–H and O–H groups in total. The van der Waals surface area contributed by atoms with Gasteiger partial charge in [-0.3, -0.25) is 0 Å². The highest BCUT2D eigenvalue weighted by atomic mass is 32.2. The summed E-state index contributed by atoms with van der Waals surface area (Å²) in [6.45, 7) is 0.867. The molecule has 21 heavy (non-hydrogen) atoms. The van der Waals surface area contributed by atoms with Gasteiger partial charge >= 0.3 is 0 Å². The molecular formula is C16H16N4S. The predicted octanol–water partition coefficient (Wildman–Crippen LogP) is 3.36. The van der Waals surface area contributed by atoms with E-state index in [1.165, 1.54) is 23.8 Å². The van der Waals surface area contributed by atoms with E-state index in [2.05, 4.69) is 39.6 Å². The summed E-state index contributed by atoms with van der Waals surface area (Å²) in [5, 5.41) is 6.67. The van der Waals surface area contributed by atoms with Gasteiger partial charge < -0.3 is 10.3 Å². The molecule has 0 aliphatic heterocycles. The number of pyridine rings is 1. The van der Waals surface area contributed by atoms with Gasteiger partial charge in [0, 0.05) is 30.4 Å². The lowest BCUT2D eigenvalue weighted by Gasteiger charge is -2.10. The van der Waals surface area contributed by atoms with E-state index in [9.17, 15) is 0 Å². The van der Waals surface area contributed by atoms with Crippen LogP contribution < -0.4 is 5.32 Å². The largest absolute Gasteiger partial charge is 0.339 e. The van der Waals surface area contributed by atoms with Crippen LogP contribution in [0.5, 0.6) is 0 Å². The number of rotatable bonds is 5. The molecule has 0 atom stereocenters. The zero-order chi connectivity index (χ0) is 14.1. The van der Waals surface area contributed by atoms with Crippen LogP contribution in [0.25, 0.3) is 10.9 Å². The molecule has 106 valence electrons. The third-order valence-corrected chi connectivity index (χ3v) is 4.55. The summed E-state index contributed by atoms with van der Waals surface area (Å²) < 4.78 is 0. The summed E-state index contributed by atoms with van der Waals surface area (Å²) >= 11 is 1.59. The average molecular weight is 296 g/mol. The molecule has 1 saturated carbocycles. The molecule has 4 nitrogen and oxygen atoms in total. The van der Waals surface area contributed by atoms with Gasteiger partial charge in [-0.15, -0.1) is 0 Å². The number of hydrogen-bond acceptors (Lipinski definition) is 4. The zero-order valence-electron chi connectivity index (χ0n) is 11.5. The van der Waals surface area contributed by atoms with Gasteiger partial charge in [0.05, 0.1) is 5.52 Å². The van der Waals surface area contributed by atoms with Crippen molar-refractivity contribution in [1.82, 2.24) is 20.3 Å². The second-order valence-electron chi connectivity index (χ2n) is 5.30. The number of imidazole rings is 1. The first-order valence-corrected chi connectivity index (χ1v) is 7.99. The Morgan fingerprint density at radius 1 is 1.29 bits per heavy atom. The third kappa shape index (κ3) is 2.94. The molecule has 5 heteroatoms. The fourth-order valence-corrected chi connectivity index (χ4v) is 3.13. The average Bonchev–Trinajstić information content (AvgIpc) is 3.20. The maximum Gasteiger partial charge on any atom is 0.171 e. The highest BCUT2D eigenvalue weighted by Gasteiger charge is 2.21. The Balaban J connectivity index is 1.70. The molecule has 0 unspecified atom stereocenters. The smallest absolute Gasteiger partial charge is 0.171 e. The molecule has 1 aliphatic carbocycles. The summed E-state index contributed by atoms with van der Waals surface area (Å²) in [5.41, 5.74) is 2.27. The summed E-state index contributed by atoms with van der Waals surface area (Å²) in [6, 6.07) is 11.2. The van der Waals surface area contributed by atoms with Gasteiger partial charge in [0.1, 0.15) is 5.03 Å². The third-order valence-electron chi connectivity index (χ3n) is 3.59. The van der Waals surface area contributed by atoms with E-state index in [-0.39, 0.29) is 0 Å². The molecule has 0 amide bonds. The van der Waals surface area contributed by atoms with Crippen LogP contribution in [0.2, 0.25) is 0 Å². The predicted molar refractivity (Wildman–Crippen MR) is 84.3 cm³/mol. The minimum Gasteiger partial charge on any atom is -0.339 e. The highest BCUT2D eigenvalue weighted by molar-refractivity contribution is 7.99. The number of aromatic amines is 1.